The van der Waals surface area contributed by atoms with E-state index in [9.17, 15) is 10.1 Å². The summed E-state index contributed by atoms with van der Waals surface area (Å²) < 4.78 is 5.62. The third-order valence-corrected chi connectivity index (χ3v) is 7.16. The van der Waals surface area contributed by atoms with E-state index in [-0.39, 0.29) is 11.7 Å². The molecule has 1 aliphatic carbocycles. The molecule has 0 unspecified atom stereocenters. The van der Waals surface area contributed by atoms with Gasteiger partial charge in [0.25, 0.3) is 0 Å². The molecule has 0 bridgehead atoms. The van der Waals surface area contributed by atoms with Crippen LogP contribution in [0, 0.1) is 11.3 Å². The fourth-order valence-electron chi connectivity index (χ4n) is 3.46. The van der Waals surface area contributed by atoms with Crippen molar-refractivity contribution >= 4 is 40.5 Å². The Hall–Kier alpha value is -2.20. The number of rotatable bonds is 4. The molecular weight excluding hydrogens is 412 g/mol. The van der Waals surface area contributed by atoms with E-state index in [1.807, 2.05) is 24.3 Å². The van der Waals surface area contributed by atoms with Gasteiger partial charge in [0.15, 0.2) is 5.78 Å². The van der Waals surface area contributed by atoms with Crippen molar-refractivity contribution in [2.45, 2.75) is 35.8 Å². The minimum Gasteiger partial charge on any atom is -0.444 e. The second kappa shape index (κ2) is 8.04. The highest BCUT2D eigenvalue weighted by atomic mass is 35.5. The summed E-state index contributed by atoms with van der Waals surface area (Å²) in [5.41, 5.74) is 8.08. The van der Waals surface area contributed by atoms with E-state index in [4.69, 9.17) is 22.1 Å². The van der Waals surface area contributed by atoms with Crippen molar-refractivity contribution in [1.82, 2.24) is 0 Å². The lowest BCUT2D eigenvalue weighted by Crippen LogP contribution is -2.27. The van der Waals surface area contributed by atoms with Crippen LogP contribution in [0.3, 0.4) is 0 Å². The molecule has 0 saturated carbocycles. The molecule has 0 spiro atoms. The molecule has 1 aromatic heterocycles. The number of nitrogens with two attached hydrogens (primary N) is 1. The highest BCUT2D eigenvalue weighted by molar-refractivity contribution is 7.98. The Kier molecular flexibility index (Phi) is 5.49. The van der Waals surface area contributed by atoms with Crippen LogP contribution in [0.25, 0.3) is 0 Å². The number of ether oxygens (including phenoxy) is 1. The first-order chi connectivity index (χ1) is 13.6. The van der Waals surface area contributed by atoms with Crippen LogP contribution in [0.4, 0.5) is 0 Å². The lowest BCUT2D eigenvalue weighted by Gasteiger charge is -2.30. The average molecular weight is 429 g/mol. The molecule has 7 heteroatoms. The Balaban J connectivity index is 1.61. The number of benzene rings is 1. The van der Waals surface area contributed by atoms with Crippen molar-refractivity contribution in [3.63, 3.8) is 0 Å². The number of hydrogen-bond acceptors (Lipinski definition) is 6. The number of nitriles is 1. The maximum Gasteiger partial charge on any atom is 0.205 e. The largest absolute Gasteiger partial charge is 0.444 e. The maximum atomic E-state index is 12.6. The first kappa shape index (κ1) is 19.1. The third kappa shape index (κ3) is 3.70. The van der Waals surface area contributed by atoms with Gasteiger partial charge in [0.2, 0.25) is 5.88 Å². The number of nitrogens with zero attached hydrogens (tertiary/aromatic N) is 1. The summed E-state index contributed by atoms with van der Waals surface area (Å²) >= 11 is 9.21. The van der Waals surface area contributed by atoms with Crippen molar-refractivity contribution in [3.05, 3.63) is 74.0 Å². The number of ketones is 1. The highest BCUT2D eigenvalue weighted by Gasteiger charge is 2.38. The van der Waals surface area contributed by atoms with Crippen molar-refractivity contribution in [2.75, 3.05) is 0 Å². The molecule has 1 atom stereocenters. The smallest absolute Gasteiger partial charge is 0.205 e. The lowest BCUT2D eigenvalue weighted by atomic mass is 9.80. The molecule has 142 valence electrons. The van der Waals surface area contributed by atoms with Crippen LogP contribution in [0.15, 0.2) is 63.4 Å². The molecule has 1 aliphatic heterocycles. The number of allylic oxidation sites excluding steroid dienone is 3. The zero-order chi connectivity index (χ0) is 19.7. The normalized spacial score (nSPS) is 19.3. The van der Waals surface area contributed by atoms with Crippen LogP contribution in [-0.4, -0.2) is 5.78 Å². The Bertz CT molecular complexity index is 1030. The van der Waals surface area contributed by atoms with Gasteiger partial charge in [-0.05, 0) is 47.7 Å². The molecular formula is C21H17ClN2O2S2. The summed E-state index contributed by atoms with van der Waals surface area (Å²) in [5.74, 6) is 1.18. The monoisotopic (exact) mass is 428 g/mol. The topological polar surface area (TPSA) is 76.1 Å². The van der Waals surface area contributed by atoms with Crippen molar-refractivity contribution in [2.24, 2.45) is 5.73 Å². The average Bonchev–Trinajstić information content (AvgIpc) is 3.15. The number of carbonyl (C=O) groups is 1. The van der Waals surface area contributed by atoms with Gasteiger partial charge < -0.3 is 10.5 Å². The van der Waals surface area contributed by atoms with Gasteiger partial charge in [-0.25, -0.2) is 0 Å². The molecule has 2 heterocycles. The predicted molar refractivity (Wildman–Crippen MR) is 112 cm³/mol. The van der Waals surface area contributed by atoms with E-state index in [1.54, 1.807) is 23.1 Å². The number of thioether (sulfide) groups is 1. The van der Waals surface area contributed by atoms with Crippen LogP contribution >= 0.6 is 34.7 Å². The molecule has 2 aliphatic rings. The van der Waals surface area contributed by atoms with Gasteiger partial charge in [0, 0.05) is 39.0 Å². The van der Waals surface area contributed by atoms with Crippen LogP contribution < -0.4 is 5.73 Å². The minimum atomic E-state index is -0.416. The van der Waals surface area contributed by atoms with Crippen molar-refractivity contribution < 1.29 is 9.53 Å². The zero-order valence-electron chi connectivity index (χ0n) is 14.9. The quantitative estimate of drug-likeness (QED) is 0.650. The van der Waals surface area contributed by atoms with E-state index in [1.165, 1.54) is 0 Å². The van der Waals surface area contributed by atoms with Gasteiger partial charge in [-0.2, -0.15) is 5.26 Å². The molecule has 0 radical (unpaired) electrons. The molecule has 2 N–H and O–H groups in total. The van der Waals surface area contributed by atoms with Crippen molar-refractivity contribution in [1.29, 1.82) is 5.26 Å². The summed E-state index contributed by atoms with van der Waals surface area (Å²) in [5, 5.41) is 12.4. The summed E-state index contributed by atoms with van der Waals surface area (Å²) in [6.07, 6.45) is 1.93. The van der Waals surface area contributed by atoms with E-state index in [2.05, 4.69) is 17.5 Å². The van der Waals surface area contributed by atoms with Crippen LogP contribution in [-0.2, 0) is 15.3 Å². The number of hydrogen-bond donors (Lipinski definition) is 1. The fraction of sp³-hybridized carbons (Fsp3) is 0.238. The van der Waals surface area contributed by atoms with Crippen LogP contribution in [0.2, 0.25) is 5.02 Å². The van der Waals surface area contributed by atoms with E-state index >= 15 is 0 Å². The molecule has 0 saturated heterocycles. The Morgan fingerprint density at radius 2 is 2.11 bits per heavy atom. The fourth-order valence-corrected chi connectivity index (χ4v) is 5.55. The molecule has 4 nitrogen and oxygen atoms in total. The number of carbonyl (C=O) groups excluding carboxylic acids is 1. The second-order valence-corrected chi connectivity index (χ2v) is 9.07. The summed E-state index contributed by atoms with van der Waals surface area (Å²) in [7, 11) is 0. The molecule has 1 aromatic carbocycles. The molecule has 4 rings (SSSR count). The maximum absolute atomic E-state index is 12.6. The summed E-state index contributed by atoms with van der Waals surface area (Å²) in [4.78, 5) is 14.7. The third-order valence-electron chi connectivity index (χ3n) is 4.78. The van der Waals surface area contributed by atoms with Gasteiger partial charge in [0.1, 0.15) is 17.4 Å². The SMILES string of the molecule is N#CC1=C(N)OC2=C(C(=O)CCC2)[C@H]1c1cc(CSc2ccc(Cl)cc2)cs1. The number of Topliss-reactive ketones (excluding diaryl/α,β-unsaturated/α-hetero) is 1. The van der Waals surface area contributed by atoms with Gasteiger partial charge in [-0.3, -0.25) is 4.79 Å². The van der Waals surface area contributed by atoms with E-state index < -0.39 is 5.92 Å². The molecule has 2 aromatic rings. The predicted octanol–water partition coefficient (Wildman–Crippen LogP) is 5.51. The number of thiophene rings is 1. The van der Waals surface area contributed by atoms with Gasteiger partial charge >= 0.3 is 0 Å². The minimum absolute atomic E-state index is 0.0528. The van der Waals surface area contributed by atoms with Gasteiger partial charge in [-0.15, -0.1) is 23.1 Å². The van der Waals surface area contributed by atoms with Crippen LogP contribution in [0.5, 0.6) is 0 Å². The zero-order valence-corrected chi connectivity index (χ0v) is 17.3. The second-order valence-electron chi connectivity index (χ2n) is 6.64. The lowest BCUT2D eigenvalue weighted by molar-refractivity contribution is -0.116. The molecule has 28 heavy (non-hydrogen) atoms. The van der Waals surface area contributed by atoms with Crippen molar-refractivity contribution in [3.8, 4) is 6.07 Å². The van der Waals surface area contributed by atoms with E-state index in [0.29, 0.717) is 29.7 Å². The Morgan fingerprint density at radius 1 is 1.32 bits per heavy atom. The van der Waals surface area contributed by atoms with E-state index in [0.717, 1.165) is 32.5 Å². The summed E-state index contributed by atoms with van der Waals surface area (Å²) in [6.45, 7) is 0. The Morgan fingerprint density at radius 3 is 2.86 bits per heavy atom. The molecule has 0 fully saturated rings. The standard InChI is InChI=1S/C21H17ClN2O2S2/c22-13-4-6-14(7-5-13)27-10-12-8-18(28-11-12)19-15(9-23)21(24)26-17-3-1-2-16(25)20(17)19/h4-8,11,19H,1-3,10,24H2/t19-/m1/s1. The Labute approximate surface area is 176 Å². The highest BCUT2D eigenvalue weighted by Crippen LogP contribution is 2.45. The van der Waals surface area contributed by atoms with Gasteiger partial charge in [0.05, 0.1) is 5.92 Å². The first-order valence-electron chi connectivity index (χ1n) is 8.86. The van der Waals surface area contributed by atoms with Gasteiger partial charge in [-0.1, -0.05) is 11.6 Å². The first-order valence-corrected chi connectivity index (χ1v) is 11.1. The van der Waals surface area contributed by atoms with Crippen LogP contribution in [0.1, 0.15) is 35.6 Å². The number of halogens is 1. The molecule has 0 amide bonds. The summed E-state index contributed by atoms with van der Waals surface area (Å²) in [6, 6.07) is 12.0.